The summed E-state index contributed by atoms with van der Waals surface area (Å²) in [6.45, 7) is 9.31. The van der Waals surface area contributed by atoms with Crippen LogP contribution in [0.15, 0.2) is 0 Å². The third-order valence-electron chi connectivity index (χ3n) is 5.28. The second kappa shape index (κ2) is 6.79. The van der Waals surface area contributed by atoms with Crippen LogP contribution >= 0.6 is 0 Å². The molecule has 0 amide bonds. The molecule has 2 saturated carbocycles. The summed E-state index contributed by atoms with van der Waals surface area (Å²) in [6.07, 6.45) is 9.56. The van der Waals surface area contributed by atoms with Gasteiger partial charge in [0.25, 0.3) is 0 Å². The van der Waals surface area contributed by atoms with E-state index < -0.39 is 0 Å². The van der Waals surface area contributed by atoms with Gasteiger partial charge >= 0.3 is 0 Å². The Balaban J connectivity index is 1.90. The third-order valence-corrected chi connectivity index (χ3v) is 5.28. The van der Waals surface area contributed by atoms with Gasteiger partial charge in [0.2, 0.25) is 0 Å². The molecule has 0 saturated heterocycles. The standard InChI is InChI=1S/C18H34O2/c1-5-6-14-7-8-16(19)17(10-14)20-15-9-13(2)11-18(3,4)12-15/h13-17,19H,5-12H2,1-4H3. The Morgan fingerprint density at radius 1 is 1.15 bits per heavy atom. The third kappa shape index (κ3) is 4.46. The summed E-state index contributed by atoms with van der Waals surface area (Å²) in [5.41, 5.74) is 0.394. The first kappa shape index (κ1) is 16.3. The number of hydrogen-bond donors (Lipinski definition) is 1. The van der Waals surface area contributed by atoms with Crippen molar-refractivity contribution in [1.82, 2.24) is 0 Å². The zero-order valence-corrected chi connectivity index (χ0v) is 13.9. The van der Waals surface area contributed by atoms with E-state index in [4.69, 9.17) is 4.74 Å². The number of aliphatic hydroxyl groups excluding tert-OH is 1. The molecule has 0 radical (unpaired) electrons. The van der Waals surface area contributed by atoms with Crippen molar-refractivity contribution in [3.8, 4) is 0 Å². The van der Waals surface area contributed by atoms with E-state index in [0.29, 0.717) is 11.5 Å². The first-order valence-electron chi connectivity index (χ1n) is 8.73. The molecule has 0 aromatic carbocycles. The van der Waals surface area contributed by atoms with Gasteiger partial charge in [-0.3, -0.25) is 0 Å². The molecular formula is C18H34O2. The highest BCUT2D eigenvalue weighted by Gasteiger charge is 2.36. The van der Waals surface area contributed by atoms with E-state index in [1.807, 2.05) is 0 Å². The molecule has 0 spiro atoms. The van der Waals surface area contributed by atoms with E-state index in [1.165, 1.54) is 32.1 Å². The molecule has 5 atom stereocenters. The zero-order chi connectivity index (χ0) is 14.8. The van der Waals surface area contributed by atoms with Crippen LogP contribution in [-0.2, 0) is 4.74 Å². The summed E-state index contributed by atoms with van der Waals surface area (Å²) in [4.78, 5) is 0. The Morgan fingerprint density at radius 2 is 1.90 bits per heavy atom. The first-order valence-corrected chi connectivity index (χ1v) is 8.73. The van der Waals surface area contributed by atoms with Crippen LogP contribution in [0, 0.1) is 17.3 Å². The van der Waals surface area contributed by atoms with Crippen LogP contribution in [0.2, 0.25) is 0 Å². The summed E-state index contributed by atoms with van der Waals surface area (Å²) in [6, 6.07) is 0. The molecule has 2 heteroatoms. The molecule has 0 bridgehead atoms. The lowest BCUT2D eigenvalue weighted by atomic mass is 9.71. The topological polar surface area (TPSA) is 29.5 Å². The van der Waals surface area contributed by atoms with Gasteiger partial charge in [0.05, 0.1) is 18.3 Å². The van der Waals surface area contributed by atoms with Crippen LogP contribution in [0.25, 0.3) is 0 Å². The average molecular weight is 282 g/mol. The Bertz CT molecular complexity index is 300. The van der Waals surface area contributed by atoms with Crippen molar-refractivity contribution < 1.29 is 9.84 Å². The molecule has 0 aromatic heterocycles. The first-order chi connectivity index (χ1) is 9.39. The maximum Gasteiger partial charge on any atom is 0.0840 e. The second-order valence-corrected chi connectivity index (χ2v) is 8.24. The molecule has 2 aliphatic rings. The van der Waals surface area contributed by atoms with Gasteiger partial charge in [0.15, 0.2) is 0 Å². The van der Waals surface area contributed by atoms with Crippen LogP contribution in [0.1, 0.15) is 79.1 Å². The van der Waals surface area contributed by atoms with Gasteiger partial charge in [0, 0.05) is 0 Å². The lowest BCUT2D eigenvalue weighted by molar-refractivity contribution is -0.129. The Labute approximate surface area is 125 Å². The number of hydrogen-bond acceptors (Lipinski definition) is 2. The molecule has 0 aromatic rings. The molecule has 1 N–H and O–H groups in total. The second-order valence-electron chi connectivity index (χ2n) is 8.24. The number of aliphatic hydroxyl groups is 1. The van der Waals surface area contributed by atoms with Gasteiger partial charge in [-0.15, -0.1) is 0 Å². The smallest absolute Gasteiger partial charge is 0.0840 e. The molecule has 20 heavy (non-hydrogen) atoms. The van der Waals surface area contributed by atoms with Crippen molar-refractivity contribution in [2.45, 2.75) is 97.4 Å². The highest BCUT2D eigenvalue weighted by atomic mass is 16.5. The normalized spacial score (nSPS) is 41.5. The summed E-state index contributed by atoms with van der Waals surface area (Å²) < 4.78 is 6.38. The van der Waals surface area contributed by atoms with E-state index in [1.54, 1.807) is 0 Å². The van der Waals surface area contributed by atoms with Crippen molar-refractivity contribution in [2.24, 2.45) is 17.3 Å². The van der Waals surface area contributed by atoms with Crippen molar-refractivity contribution in [3.05, 3.63) is 0 Å². The molecule has 118 valence electrons. The van der Waals surface area contributed by atoms with Crippen LogP contribution in [0.5, 0.6) is 0 Å². The van der Waals surface area contributed by atoms with Crippen LogP contribution in [-0.4, -0.2) is 23.4 Å². The fourth-order valence-electron chi connectivity index (χ4n) is 4.62. The highest BCUT2D eigenvalue weighted by molar-refractivity contribution is 4.87. The summed E-state index contributed by atoms with van der Waals surface area (Å²) in [5.74, 6) is 1.51. The van der Waals surface area contributed by atoms with Gasteiger partial charge in [-0.25, -0.2) is 0 Å². The number of rotatable bonds is 4. The SMILES string of the molecule is CCCC1CCC(O)C(OC2CC(C)CC(C)(C)C2)C1. The van der Waals surface area contributed by atoms with Crippen molar-refractivity contribution in [1.29, 1.82) is 0 Å². The molecular weight excluding hydrogens is 248 g/mol. The fraction of sp³-hybridized carbons (Fsp3) is 1.00. The monoisotopic (exact) mass is 282 g/mol. The van der Waals surface area contributed by atoms with Crippen LogP contribution < -0.4 is 0 Å². The molecule has 0 heterocycles. The predicted molar refractivity (Wildman–Crippen MR) is 83.7 cm³/mol. The Hall–Kier alpha value is -0.0800. The summed E-state index contributed by atoms with van der Waals surface area (Å²) in [5, 5.41) is 10.3. The van der Waals surface area contributed by atoms with Gasteiger partial charge in [-0.2, -0.15) is 0 Å². The largest absolute Gasteiger partial charge is 0.390 e. The fourth-order valence-corrected chi connectivity index (χ4v) is 4.62. The molecule has 2 fully saturated rings. The van der Waals surface area contributed by atoms with Gasteiger partial charge in [-0.1, -0.05) is 40.5 Å². The quantitative estimate of drug-likeness (QED) is 0.820. The minimum absolute atomic E-state index is 0.0893. The minimum Gasteiger partial charge on any atom is -0.390 e. The maximum absolute atomic E-state index is 10.3. The van der Waals surface area contributed by atoms with Crippen LogP contribution in [0.3, 0.4) is 0 Å². The predicted octanol–water partition coefficient (Wildman–Crippen LogP) is 4.55. The van der Waals surface area contributed by atoms with Crippen LogP contribution in [0.4, 0.5) is 0 Å². The lowest BCUT2D eigenvalue weighted by Crippen LogP contribution is -2.41. The molecule has 2 rings (SSSR count). The van der Waals surface area contributed by atoms with Gasteiger partial charge < -0.3 is 9.84 Å². The lowest BCUT2D eigenvalue weighted by Gasteiger charge is -2.42. The summed E-state index contributed by atoms with van der Waals surface area (Å²) in [7, 11) is 0. The molecule has 2 aliphatic carbocycles. The summed E-state index contributed by atoms with van der Waals surface area (Å²) >= 11 is 0. The molecule has 2 nitrogen and oxygen atoms in total. The van der Waals surface area contributed by atoms with Crippen molar-refractivity contribution >= 4 is 0 Å². The van der Waals surface area contributed by atoms with Gasteiger partial charge in [0.1, 0.15) is 0 Å². The van der Waals surface area contributed by atoms with Crippen molar-refractivity contribution in [3.63, 3.8) is 0 Å². The molecule has 0 aliphatic heterocycles. The van der Waals surface area contributed by atoms with Crippen molar-refractivity contribution in [2.75, 3.05) is 0 Å². The molecule has 5 unspecified atom stereocenters. The average Bonchev–Trinajstić information content (AvgIpc) is 2.31. The Kier molecular flexibility index (Phi) is 5.53. The Morgan fingerprint density at radius 3 is 2.55 bits per heavy atom. The highest BCUT2D eigenvalue weighted by Crippen LogP contribution is 2.41. The van der Waals surface area contributed by atoms with E-state index in [9.17, 15) is 5.11 Å². The zero-order valence-electron chi connectivity index (χ0n) is 13.9. The van der Waals surface area contributed by atoms with E-state index in [-0.39, 0.29) is 12.2 Å². The van der Waals surface area contributed by atoms with E-state index in [2.05, 4.69) is 27.7 Å². The minimum atomic E-state index is -0.233. The number of ether oxygens (including phenoxy) is 1. The van der Waals surface area contributed by atoms with E-state index in [0.717, 1.165) is 31.1 Å². The van der Waals surface area contributed by atoms with E-state index >= 15 is 0 Å². The maximum atomic E-state index is 10.3. The van der Waals surface area contributed by atoms with Gasteiger partial charge in [-0.05, 0) is 55.8 Å².